The first-order chi connectivity index (χ1) is 16.9. The van der Waals surface area contributed by atoms with Crippen molar-refractivity contribution in [3.63, 3.8) is 0 Å². The average Bonchev–Trinajstić information content (AvgIpc) is 2.77. The predicted molar refractivity (Wildman–Crippen MR) is 146 cm³/mol. The number of fused-ring (bicyclic) bond motifs is 3. The Balaban J connectivity index is 2.39. The number of nitrogens with two attached hydrogens (primary N) is 1. The molecule has 1 aromatic carbocycles. The summed E-state index contributed by atoms with van der Waals surface area (Å²) in [6, 6.07) is 4.98. The van der Waals surface area contributed by atoms with E-state index in [1.54, 1.807) is 66.7 Å². The summed E-state index contributed by atoms with van der Waals surface area (Å²) in [6.07, 6.45) is -2.07. The number of anilines is 1. The van der Waals surface area contributed by atoms with Gasteiger partial charge >= 0.3 is 12.2 Å². The van der Waals surface area contributed by atoms with E-state index in [4.69, 9.17) is 24.9 Å². The zero-order chi connectivity index (χ0) is 29.3. The van der Waals surface area contributed by atoms with Crippen molar-refractivity contribution >= 4 is 33.5 Å². The minimum absolute atomic E-state index is 0.111. The molecule has 2 aliphatic heterocycles. The van der Waals surface area contributed by atoms with Gasteiger partial charge in [-0.2, -0.15) is 4.90 Å². The van der Waals surface area contributed by atoms with Crippen LogP contribution in [0.5, 0.6) is 5.75 Å². The number of rotatable bonds is 0. The lowest BCUT2D eigenvalue weighted by Crippen LogP contribution is -2.64. The van der Waals surface area contributed by atoms with Crippen molar-refractivity contribution < 1.29 is 32.2 Å². The molecule has 212 valence electrons. The number of nitrogens with zero attached hydrogens (tertiary/aromatic N) is 2. The van der Waals surface area contributed by atoms with Gasteiger partial charge in [-0.25, -0.2) is 18.0 Å². The monoisotopic (exact) mass is 551 g/mol. The molecule has 0 saturated heterocycles. The molecule has 10 nitrogen and oxygen atoms in total. The van der Waals surface area contributed by atoms with E-state index in [-0.39, 0.29) is 12.3 Å². The molecule has 0 radical (unpaired) electrons. The predicted octanol–water partition coefficient (Wildman–Crippen LogP) is 5.19. The molecule has 2 atom stereocenters. The molecule has 2 heterocycles. The largest absolute Gasteiger partial charge is 0.487 e. The summed E-state index contributed by atoms with van der Waals surface area (Å²) in [5.74, 6) is 0.126. The average molecular weight is 552 g/mol. The first-order valence-electron chi connectivity index (χ1n) is 12.6. The minimum atomic E-state index is -4.13. The molecule has 3 rings (SSSR count). The molecular formula is C27H41N3O7S. The van der Waals surface area contributed by atoms with Crippen LogP contribution in [0.15, 0.2) is 23.2 Å². The highest BCUT2D eigenvalue weighted by Gasteiger charge is 2.62. The summed E-state index contributed by atoms with van der Waals surface area (Å²) < 4.78 is 44.4. The lowest BCUT2D eigenvalue weighted by atomic mass is 9.84. The Morgan fingerprint density at radius 2 is 1.50 bits per heavy atom. The number of amidine groups is 1. The molecule has 0 aliphatic carbocycles. The molecule has 0 fully saturated rings. The third kappa shape index (κ3) is 5.34. The zero-order valence-electron chi connectivity index (χ0n) is 24.3. The molecule has 2 aliphatic rings. The first kappa shape index (κ1) is 29.7. The Hall–Kier alpha value is -2.82. The Labute approximate surface area is 225 Å². The van der Waals surface area contributed by atoms with Crippen molar-refractivity contribution in [2.45, 2.75) is 115 Å². The summed E-state index contributed by atoms with van der Waals surface area (Å²) in [5, 5.41) is -1.05. The Bertz CT molecular complexity index is 1260. The van der Waals surface area contributed by atoms with Gasteiger partial charge in [0.25, 0.3) is 0 Å². The zero-order valence-corrected chi connectivity index (χ0v) is 25.1. The molecule has 2 amide bonds. The van der Waals surface area contributed by atoms with E-state index in [1.807, 2.05) is 13.8 Å². The van der Waals surface area contributed by atoms with Crippen LogP contribution in [-0.2, 0) is 24.8 Å². The van der Waals surface area contributed by atoms with E-state index in [9.17, 15) is 18.0 Å². The number of ether oxygens (including phenoxy) is 3. The summed E-state index contributed by atoms with van der Waals surface area (Å²) >= 11 is 0. The highest BCUT2D eigenvalue weighted by molar-refractivity contribution is 7.94. The number of aliphatic imine (C=N–C) groups is 1. The molecule has 38 heavy (non-hydrogen) atoms. The standard InChI is InChI=1S/C27H41N3O7S/c1-23(2,3)36-21(31)30(22(32)37-24(4,5)6)20-26(9,10)38(33,34)19-15-25(7,8)35-18-13-12-16(28)14-17(18)27(19,11)29-20/h12-14,19H,15,28H2,1-11H3/t19-,27-/m1/s1. The smallest absolute Gasteiger partial charge is 0.425 e. The van der Waals surface area contributed by atoms with Crippen molar-refractivity contribution in [1.82, 2.24) is 4.90 Å². The summed E-state index contributed by atoms with van der Waals surface area (Å²) in [4.78, 5) is 32.5. The number of hydrogen-bond donors (Lipinski definition) is 1. The minimum Gasteiger partial charge on any atom is -0.487 e. The van der Waals surface area contributed by atoms with Crippen LogP contribution in [0.4, 0.5) is 15.3 Å². The maximum absolute atomic E-state index is 14.4. The molecule has 0 saturated carbocycles. The number of imide groups is 1. The second-order valence-electron chi connectivity index (χ2n) is 13.2. The Morgan fingerprint density at radius 3 is 1.97 bits per heavy atom. The van der Waals surface area contributed by atoms with Gasteiger partial charge < -0.3 is 19.9 Å². The van der Waals surface area contributed by atoms with Gasteiger partial charge in [0.1, 0.15) is 38.7 Å². The third-order valence-electron chi connectivity index (χ3n) is 6.57. The second kappa shape index (κ2) is 8.86. The Morgan fingerprint density at radius 1 is 1.00 bits per heavy atom. The SMILES string of the molecule is CC(C)(C)OC(=O)N(C(=O)OC(C)(C)C)C1=N[C@]2(C)c3cc(N)ccc3OC(C)(C)C[C@H]2S(=O)(=O)C1(C)C. The van der Waals surface area contributed by atoms with Crippen LogP contribution in [0.3, 0.4) is 0 Å². The van der Waals surface area contributed by atoms with Crippen LogP contribution in [0.1, 0.15) is 88.1 Å². The fraction of sp³-hybridized carbons (Fsp3) is 0.667. The van der Waals surface area contributed by atoms with Gasteiger partial charge in [-0.3, -0.25) is 4.99 Å². The molecule has 0 unspecified atom stereocenters. The number of benzene rings is 1. The first-order valence-corrected chi connectivity index (χ1v) is 14.1. The van der Waals surface area contributed by atoms with E-state index in [0.29, 0.717) is 21.9 Å². The topological polar surface area (TPSA) is 138 Å². The molecule has 11 heteroatoms. The van der Waals surface area contributed by atoms with Gasteiger partial charge in [0.15, 0.2) is 9.84 Å². The summed E-state index contributed by atoms with van der Waals surface area (Å²) in [6.45, 7) is 18.0. The molecule has 0 bridgehead atoms. The van der Waals surface area contributed by atoms with Gasteiger partial charge in [0.05, 0.1) is 5.25 Å². The van der Waals surface area contributed by atoms with Gasteiger partial charge in [0, 0.05) is 17.7 Å². The van der Waals surface area contributed by atoms with E-state index >= 15 is 0 Å². The quantitative estimate of drug-likeness (QED) is 0.435. The van der Waals surface area contributed by atoms with Crippen LogP contribution in [0.25, 0.3) is 0 Å². The van der Waals surface area contributed by atoms with E-state index in [0.717, 1.165) is 0 Å². The second-order valence-corrected chi connectivity index (χ2v) is 15.9. The third-order valence-corrected chi connectivity index (χ3v) is 9.55. The molecular weight excluding hydrogens is 510 g/mol. The van der Waals surface area contributed by atoms with Crippen molar-refractivity contribution in [2.75, 3.05) is 5.73 Å². The molecule has 0 aromatic heterocycles. The number of nitrogen functional groups attached to an aromatic ring is 1. The highest BCUT2D eigenvalue weighted by atomic mass is 32.2. The van der Waals surface area contributed by atoms with Crippen molar-refractivity contribution in [1.29, 1.82) is 0 Å². The lowest BCUT2D eigenvalue weighted by Gasteiger charge is -2.46. The number of sulfone groups is 1. The lowest BCUT2D eigenvalue weighted by molar-refractivity contribution is 0.0138. The van der Waals surface area contributed by atoms with E-state index in [1.165, 1.54) is 13.8 Å². The fourth-order valence-electron chi connectivity index (χ4n) is 4.75. The van der Waals surface area contributed by atoms with E-state index in [2.05, 4.69) is 0 Å². The van der Waals surface area contributed by atoms with Crippen LogP contribution in [0.2, 0.25) is 0 Å². The summed E-state index contributed by atoms with van der Waals surface area (Å²) in [7, 11) is -4.13. The fourth-order valence-corrected chi connectivity index (χ4v) is 7.26. The van der Waals surface area contributed by atoms with Gasteiger partial charge in [-0.1, -0.05) is 0 Å². The maximum atomic E-state index is 14.4. The van der Waals surface area contributed by atoms with Crippen LogP contribution < -0.4 is 10.5 Å². The molecule has 0 spiro atoms. The highest BCUT2D eigenvalue weighted by Crippen LogP contribution is 2.52. The normalized spacial score (nSPS) is 25.4. The van der Waals surface area contributed by atoms with Gasteiger partial charge in [0.2, 0.25) is 0 Å². The van der Waals surface area contributed by atoms with Crippen LogP contribution >= 0.6 is 0 Å². The van der Waals surface area contributed by atoms with Crippen LogP contribution in [0, 0.1) is 0 Å². The number of carbonyl (C=O) groups excluding carboxylic acids is 2. The van der Waals surface area contributed by atoms with Crippen LogP contribution in [-0.4, -0.2) is 58.1 Å². The number of carbonyl (C=O) groups is 2. The van der Waals surface area contributed by atoms with Crippen molar-refractivity contribution in [3.8, 4) is 5.75 Å². The van der Waals surface area contributed by atoms with Crippen molar-refractivity contribution in [2.24, 2.45) is 4.99 Å². The van der Waals surface area contributed by atoms with E-state index < -0.39 is 54.4 Å². The Kier molecular flexibility index (Phi) is 6.93. The maximum Gasteiger partial charge on any atom is 0.425 e. The number of hydrogen-bond acceptors (Lipinski definition) is 9. The summed E-state index contributed by atoms with van der Waals surface area (Å²) in [5.41, 5.74) is 2.67. The number of amides is 2. The van der Waals surface area contributed by atoms with Crippen molar-refractivity contribution in [3.05, 3.63) is 23.8 Å². The molecule has 1 aromatic rings. The van der Waals surface area contributed by atoms with Gasteiger partial charge in [-0.05, 0) is 94.4 Å². The molecule has 2 N–H and O–H groups in total. The van der Waals surface area contributed by atoms with Gasteiger partial charge in [-0.15, -0.1) is 0 Å².